The van der Waals surface area contributed by atoms with Crippen molar-refractivity contribution in [3.63, 3.8) is 0 Å². The molecule has 14 heavy (non-hydrogen) atoms. The Bertz CT molecular complexity index is 310. The summed E-state index contributed by atoms with van der Waals surface area (Å²) in [5.74, 6) is 0.131. The molecule has 0 saturated heterocycles. The largest absolute Gasteiger partial charge is 0.327 e. The monoisotopic (exact) mass is 231 g/mol. The van der Waals surface area contributed by atoms with E-state index in [1.165, 1.54) is 17.8 Å². The fraction of sp³-hybridized carbons (Fsp3) is 0.200. The van der Waals surface area contributed by atoms with Gasteiger partial charge in [-0.2, -0.15) is 0 Å². The Balaban J connectivity index is 2.46. The summed E-state index contributed by atoms with van der Waals surface area (Å²) in [6.07, 6.45) is 1.38. The molecule has 0 amide bonds. The molecule has 4 heteroatoms. The van der Waals surface area contributed by atoms with Crippen LogP contribution in [0.4, 0.5) is 4.39 Å². The number of halogens is 2. The highest BCUT2D eigenvalue weighted by molar-refractivity contribution is 7.99. The smallest absolute Gasteiger partial charge is 0.107 e. The fourth-order valence-corrected chi connectivity index (χ4v) is 1.75. The van der Waals surface area contributed by atoms with E-state index < -0.39 is 0 Å². The summed E-state index contributed by atoms with van der Waals surface area (Å²) in [6.45, 7) is 0.243. The molecule has 0 fully saturated rings. The van der Waals surface area contributed by atoms with Gasteiger partial charge in [0.25, 0.3) is 0 Å². The average Bonchev–Trinajstić information content (AvgIpc) is 2.17. The lowest BCUT2D eigenvalue weighted by atomic mass is 10.4. The van der Waals surface area contributed by atoms with E-state index in [-0.39, 0.29) is 12.4 Å². The molecule has 1 rings (SSSR count). The molecule has 0 heterocycles. The van der Waals surface area contributed by atoms with Crippen molar-refractivity contribution in [1.29, 1.82) is 0 Å². The molecular formula is C10H11ClFNS. The van der Waals surface area contributed by atoms with Crippen molar-refractivity contribution in [2.24, 2.45) is 5.73 Å². The first-order valence-electron chi connectivity index (χ1n) is 4.15. The number of thioether (sulfide) groups is 1. The standard InChI is InChI=1S/C10H11ClFNS/c11-8-1-3-10(4-2-8)14-7-9(12)5-6-13/h1-5H,6-7,13H2/b9-5-. The minimum Gasteiger partial charge on any atom is -0.327 e. The van der Waals surface area contributed by atoms with Crippen LogP contribution < -0.4 is 5.73 Å². The normalized spacial score (nSPS) is 11.8. The van der Waals surface area contributed by atoms with Gasteiger partial charge in [0.15, 0.2) is 0 Å². The maximum atomic E-state index is 12.9. The first-order valence-corrected chi connectivity index (χ1v) is 5.51. The number of hydrogen-bond donors (Lipinski definition) is 1. The molecule has 1 aromatic rings. The lowest BCUT2D eigenvalue weighted by Crippen LogP contribution is -1.95. The SMILES string of the molecule is NC/C=C(\F)CSc1ccc(Cl)cc1. The summed E-state index contributed by atoms with van der Waals surface area (Å²) in [5.41, 5.74) is 5.18. The Labute approximate surface area is 92.1 Å². The minimum absolute atomic E-state index is 0.188. The third kappa shape index (κ3) is 4.13. The number of nitrogens with two attached hydrogens (primary N) is 1. The Hall–Kier alpha value is -0.510. The highest BCUT2D eigenvalue weighted by Gasteiger charge is 1.97. The summed E-state index contributed by atoms with van der Waals surface area (Å²) in [6, 6.07) is 7.30. The minimum atomic E-state index is -0.188. The molecule has 2 N–H and O–H groups in total. The zero-order valence-electron chi connectivity index (χ0n) is 7.54. The van der Waals surface area contributed by atoms with Crippen LogP contribution in [0.2, 0.25) is 5.02 Å². The average molecular weight is 232 g/mol. The van der Waals surface area contributed by atoms with Gasteiger partial charge in [-0.3, -0.25) is 0 Å². The maximum Gasteiger partial charge on any atom is 0.107 e. The van der Waals surface area contributed by atoms with Gasteiger partial charge in [0.2, 0.25) is 0 Å². The van der Waals surface area contributed by atoms with Crippen molar-refractivity contribution in [1.82, 2.24) is 0 Å². The lowest BCUT2D eigenvalue weighted by Gasteiger charge is -1.99. The second-order valence-corrected chi connectivity index (χ2v) is 4.11. The van der Waals surface area contributed by atoms with Crippen LogP contribution in [0.3, 0.4) is 0 Å². The molecule has 0 bridgehead atoms. The fourth-order valence-electron chi connectivity index (χ4n) is 0.870. The Kier molecular flexibility index (Phi) is 5.01. The van der Waals surface area contributed by atoms with E-state index in [2.05, 4.69) is 0 Å². The van der Waals surface area contributed by atoms with Crippen LogP contribution >= 0.6 is 23.4 Å². The molecule has 0 saturated carbocycles. The highest BCUT2D eigenvalue weighted by Crippen LogP contribution is 2.22. The van der Waals surface area contributed by atoms with Gasteiger partial charge in [-0.1, -0.05) is 11.6 Å². The predicted molar refractivity (Wildman–Crippen MR) is 60.4 cm³/mol. The van der Waals surface area contributed by atoms with Gasteiger partial charge in [0.1, 0.15) is 5.83 Å². The quantitative estimate of drug-likeness (QED) is 0.806. The Morgan fingerprint density at radius 3 is 2.64 bits per heavy atom. The molecule has 0 aliphatic carbocycles. The van der Waals surface area contributed by atoms with Crippen LogP contribution in [0.1, 0.15) is 0 Å². The van der Waals surface area contributed by atoms with Crippen molar-refractivity contribution in [2.45, 2.75) is 4.90 Å². The maximum absolute atomic E-state index is 12.9. The van der Waals surface area contributed by atoms with Gasteiger partial charge in [0, 0.05) is 22.2 Å². The molecule has 0 aliphatic rings. The third-order valence-corrected chi connectivity index (χ3v) is 2.81. The van der Waals surface area contributed by atoms with Crippen molar-refractivity contribution in [3.8, 4) is 0 Å². The molecule has 0 radical (unpaired) electrons. The molecule has 0 atom stereocenters. The lowest BCUT2D eigenvalue weighted by molar-refractivity contribution is 0.640. The van der Waals surface area contributed by atoms with Gasteiger partial charge in [-0.05, 0) is 30.3 Å². The van der Waals surface area contributed by atoms with Crippen molar-refractivity contribution in [2.75, 3.05) is 12.3 Å². The predicted octanol–water partition coefficient (Wildman–Crippen LogP) is 3.24. The van der Waals surface area contributed by atoms with Crippen LogP contribution in [0.15, 0.2) is 41.1 Å². The van der Waals surface area contributed by atoms with Crippen molar-refractivity contribution < 1.29 is 4.39 Å². The summed E-state index contributed by atoms with van der Waals surface area (Å²) in [4.78, 5) is 0.995. The number of rotatable bonds is 4. The topological polar surface area (TPSA) is 26.0 Å². The zero-order chi connectivity index (χ0) is 10.4. The molecule has 0 spiro atoms. The van der Waals surface area contributed by atoms with Crippen molar-refractivity contribution >= 4 is 23.4 Å². The molecule has 1 nitrogen and oxygen atoms in total. The summed E-state index contributed by atoms with van der Waals surface area (Å²) in [7, 11) is 0. The first kappa shape index (κ1) is 11.6. The van der Waals surface area contributed by atoms with Crippen LogP contribution in [0.25, 0.3) is 0 Å². The zero-order valence-corrected chi connectivity index (χ0v) is 9.11. The van der Waals surface area contributed by atoms with Crippen LogP contribution in [-0.4, -0.2) is 12.3 Å². The molecule has 0 unspecified atom stereocenters. The van der Waals surface area contributed by atoms with E-state index in [1.54, 1.807) is 12.1 Å². The van der Waals surface area contributed by atoms with E-state index >= 15 is 0 Å². The highest BCUT2D eigenvalue weighted by atomic mass is 35.5. The van der Waals surface area contributed by atoms with Gasteiger partial charge >= 0.3 is 0 Å². The van der Waals surface area contributed by atoms with E-state index in [9.17, 15) is 4.39 Å². The van der Waals surface area contributed by atoms with Gasteiger partial charge in [-0.15, -0.1) is 11.8 Å². The number of hydrogen-bond acceptors (Lipinski definition) is 2. The van der Waals surface area contributed by atoms with Gasteiger partial charge in [0.05, 0.1) is 0 Å². The second-order valence-electron chi connectivity index (χ2n) is 2.63. The van der Waals surface area contributed by atoms with E-state index in [0.717, 1.165) is 4.90 Å². The summed E-state index contributed by atoms with van der Waals surface area (Å²) in [5, 5.41) is 0.687. The van der Waals surface area contributed by atoms with Gasteiger partial charge in [-0.25, -0.2) is 4.39 Å². The Morgan fingerprint density at radius 2 is 2.07 bits per heavy atom. The Morgan fingerprint density at radius 1 is 1.43 bits per heavy atom. The van der Waals surface area contributed by atoms with Crippen LogP contribution in [0.5, 0.6) is 0 Å². The van der Waals surface area contributed by atoms with E-state index in [4.69, 9.17) is 17.3 Å². The van der Waals surface area contributed by atoms with Crippen molar-refractivity contribution in [3.05, 3.63) is 41.2 Å². The molecule has 0 aliphatic heterocycles. The van der Waals surface area contributed by atoms with E-state index in [0.29, 0.717) is 10.8 Å². The summed E-state index contributed by atoms with van der Waals surface area (Å²) < 4.78 is 12.9. The number of benzene rings is 1. The first-order chi connectivity index (χ1) is 6.72. The molecular weight excluding hydrogens is 221 g/mol. The van der Waals surface area contributed by atoms with Gasteiger partial charge < -0.3 is 5.73 Å². The van der Waals surface area contributed by atoms with Crippen LogP contribution in [-0.2, 0) is 0 Å². The second kappa shape index (κ2) is 6.06. The molecule has 76 valence electrons. The molecule has 0 aromatic heterocycles. The summed E-state index contributed by atoms with van der Waals surface area (Å²) >= 11 is 7.13. The van der Waals surface area contributed by atoms with Crippen LogP contribution in [0, 0.1) is 0 Å². The van der Waals surface area contributed by atoms with E-state index in [1.807, 2.05) is 12.1 Å². The third-order valence-electron chi connectivity index (χ3n) is 1.53. The molecule has 1 aromatic carbocycles.